The Bertz CT molecular complexity index is 6480. The number of aromatic nitrogens is 12. The van der Waals surface area contributed by atoms with Gasteiger partial charge < -0.3 is 19.2 Å². The average molecular weight is 1410 g/mol. The Hall–Kier alpha value is -13.4. The molecule has 20 rings (SSSR count). The molecule has 12 aromatic carbocycles. The van der Waals surface area contributed by atoms with Gasteiger partial charge in [0.15, 0.2) is 23.3 Å². The van der Waals surface area contributed by atoms with Gasteiger partial charge in [0.2, 0.25) is 11.9 Å². The third-order valence-electron chi connectivity index (χ3n) is 18.8. The first kappa shape index (κ1) is 62.8. The van der Waals surface area contributed by atoms with Gasteiger partial charge in [-0.1, -0.05) is 253 Å². The molecule has 492 valence electrons. The summed E-state index contributed by atoms with van der Waals surface area (Å²) < 4.78 is 9.71. The van der Waals surface area contributed by atoms with Crippen molar-refractivity contribution in [3.05, 3.63) is 344 Å². The van der Waals surface area contributed by atoms with Gasteiger partial charge in [0.25, 0.3) is 0 Å². The van der Waals surface area contributed by atoms with E-state index >= 15 is 0 Å². The van der Waals surface area contributed by atoms with Gasteiger partial charge in [-0.05, 0) is 96.6 Å². The zero-order valence-corrected chi connectivity index (χ0v) is 57.1. The van der Waals surface area contributed by atoms with Crippen molar-refractivity contribution < 1.29 is 10.0 Å². The average Bonchev–Trinajstić information content (AvgIpc) is 1.58. The Balaban J connectivity index is 0.000000122. The summed E-state index contributed by atoms with van der Waals surface area (Å²) in [5.74, 6) is 3.31. The van der Waals surface area contributed by atoms with Crippen LogP contribution in [0.15, 0.2) is 344 Å². The number of hydrogen-bond donors (Lipinski definition) is 2. The minimum absolute atomic E-state index is 0.386. The third-order valence-corrected chi connectivity index (χ3v) is 19.3. The highest BCUT2D eigenvalue weighted by molar-refractivity contribution is 9.10. The van der Waals surface area contributed by atoms with Gasteiger partial charge in [0.05, 0.1) is 55.2 Å². The maximum absolute atomic E-state index is 10.2. The first-order valence-electron chi connectivity index (χ1n) is 34.1. The number of nitrogens with zero attached hydrogens (tertiary/aromatic N) is 12. The van der Waals surface area contributed by atoms with E-state index in [9.17, 15) is 10.0 Å². The molecule has 14 nitrogen and oxygen atoms in total. The highest BCUT2D eigenvalue weighted by Gasteiger charge is 2.26. The van der Waals surface area contributed by atoms with E-state index < -0.39 is 7.12 Å². The van der Waals surface area contributed by atoms with Crippen LogP contribution in [0.25, 0.3) is 167 Å². The summed E-state index contributed by atoms with van der Waals surface area (Å²) in [7, 11) is -1.64. The molecule has 0 aliphatic heterocycles. The van der Waals surface area contributed by atoms with Gasteiger partial charge in [-0.25, -0.2) is 9.97 Å². The lowest BCUT2D eigenvalue weighted by atomic mass is 9.79. The van der Waals surface area contributed by atoms with Crippen molar-refractivity contribution in [1.82, 2.24) is 58.1 Å². The Labute approximate surface area is 604 Å². The number of benzene rings is 12. The van der Waals surface area contributed by atoms with Gasteiger partial charge in [-0.2, -0.15) is 19.9 Å². The summed E-state index contributed by atoms with van der Waals surface area (Å²) >= 11 is 3.55. The van der Waals surface area contributed by atoms with Crippen molar-refractivity contribution in [2.24, 2.45) is 0 Å². The van der Waals surface area contributed by atoms with E-state index in [2.05, 4.69) is 174 Å². The van der Waals surface area contributed by atoms with Gasteiger partial charge in [-0.15, -0.1) is 0 Å². The van der Waals surface area contributed by atoms with Crippen LogP contribution in [-0.2, 0) is 0 Å². The second kappa shape index (κ2) is 26.9. The highest BCUT2D eigenvalue weighted by Crippen LogP contribution is 2.42. The molecule has 0 saturated carbocycles. The largest absolute Gasteiger partial charge is 0.490 e. The van der Waals surface area contributed by atoms with Crippen molar-refractivity contribution in [3.8, 4) is 79.9 Å². The molecular formula is C88H58BBrN12O2. The molecule has 0 fully saturated rings. The van der Waals surface area contributed by atoms with Crippen molar-refractivity contribution in [2.75, 3.05) is 0 Å². The topological polar surface area (TPSA) is 163 Å². The zero-order chi connectivity index (χ0) is 69.6. The molecule has 0 aliphatic carbocycles. The Morgan fingerprint density at radius 2 is 0.635 bits per heavy atom. The summed E-state index contributed by atoms with van der Waals surface area (Å²) in [6.07, 6.45) is 3.72. The predicted molar refractivity (Wildman–Crippen MR) is 424 cm³/mol. The maximum atomic E-state index is 10.2. The smallest absolute Gasteiger partial charge is 0.423 e. The first-order valence-corrected chi connectivity index (χ1v) is 34.9. The molecule has 0 amide bonds. The number of para-hydroxylation sites is 6. The van der Waals surface area contributed by atoms with E-state index in [0.29, 0.717) is 46.2 Å². The Morgan fingerprint density at radius 1 is 0.269 bits per heavy atom. The normalized spacial score (nSPS) is 11.4. The summed E-state index contributed by atoms with van der Waals surface area (Å²) in [5.41, 5.74) is 18.5. The van der Waals surface area contributed by atoms with E-state index in [0.717, 1.165) is 120 Å². The molecule has 0 unspecified atom stereocenters. The second-order valence-corrected chi connectivity index (χ2v) is 25.9. The molecule has 16 heteroatoms. The summed E-state index contributed by atoms with van der Waals surface area (Å²) in [5, 5.41) is 26.7. The molecule has 0 bridgehead atoms. The van der Waals surface area contributed by atoms with Crippen LogP contribution in [0.1, 0.15) is 0 Å². The lowest BCUT2D eigenvalue weighted by Gasteiger charge is -2.13. The van der Waals surface area contributed by atoms with E-state index in [1.807, 2.05) is 199 Å². The van der Waals surface area contributed by atoms with Crippen LogP contribution in [0, 0.1) is 0 Å². The van der Waals surface area contributed by atoms with Crippen LogP contribution in [0.3, 0.4) is 0 Å². The minimum atomic E-state index is -1.64. The fourth-order valence-corrected chi connectivity index (χ4v) is 14.6. The van der Waals surface area contributed by atoms with Crippen LogP contribution in [0.5, 0.6) is 0 Å². The SMILES string of the molecule is Brc1ccc2c(c1)c1ncccc1n2-c1ccccc1.OB(O)c1cccc2c3ccccc3n(-c3nc(-c4ccccc4)nc(-c4ccccc4)n3)c12.c1ccc(-c2nc(-c3ccccc3)nc(-n3c4ccccc4c4cccc(-c5ccc6c(c5)c5ncccc5n6-c5ccccc5)c43)n2)cc1. The number of hydrogen-bond acceptors (Lipinski definition) is 10. The van der Waals surface area contributed by atoms with Crippen molar-refractivity contribution >= 4 is 116 Å². The van der Waals surface area contributed by atoms with E-state index in [4.69, 9.17) is 34.9 Å². The van der Waals surface area contributed by atoms with E-state index in [-0.39, 0.29) is 0 Å². The third kappa shape index (κ3) is 11.4. The van der Waals surface area contributed by atoms with Gasteiger partial charge in [0.1, 0.15) is 0 Å². The minimum Gasteiger partial charge on any atom is -0.423 e. The highest BCUT2D eigenvalue weighted by atomic mass is 79.9. The molecule has 0 radical (unpaired) electrons. The van der Waals surface area contributed by atoms with Crippen LogP contribution >= 0.6 is 15.9 Å². The number of pyridine rings is 2. The molecule has 104 heavy (non-hydrogen) atoms. The van der Waals surface area contributed by atoms with Gasteiger partial charge in [0, 0.05) is 93.8 Å². The van der Waals surface area contributed by atoms with Crippen LogP contribution in [-0.4, -0.2) is 75.3 Å². The van der Waals surface area contributed by atoms with Gasteiger partial charge >= 0.3 is 7.12 Å². The standard InChI is InChI=1S/C44H28N6.C27H19BN4O2.C17H11BrN2/c1-4-14-29(15-5-1)42-46-43(30-16-6-2-7-17-30)48-44(47-42)50-37-23-11-10-20-34(37)35-22-12-21-33(41(35)50)31-25-26-38-36(28-31)40-39(24-13-27-45-40)49(38)32-18-8-3-9-19-32;33-28(34)22-16-9-15-21-20-14-7-8-17-23(20)32(24(21)22)27-30-25(18-10-3-1-4-11-18)29-26(31-27)19-12-5-2-6-13-19;18-12-8-9-15-14(11-12)17-16(7-4-10-19-17)20(15)13-5-2-1-3-6-13/h1-28H;1-17,33-34H;1-11H. The Kier molecular flexibility index (Phi) is 16.3. The lowest BCUT2D eigenvalue weighted by Crippen LogP contribution is -2.31. The van der Waals surface area contributed by atoms with Crippen molar-refractivity contribution in [1.29, 1.82) is 0 Å². The molecule has 8 aromatic heterocycles. The number of fused-ring (bicyclic) bond motifs is 12. The van der Waals surface area contributed by atoms with Crippen LogP contribution in [0.4, 0.5) is 0 Å². The lowest BCUT2D eigenvalue weighted by molar-refractivity contribution is 0.426. The van der Waals surface area contributed by atoms with E-state index in [1.54, 1.807) is 6.07 Å². The fourth-order valence-electron chi connectivity index (χ4n) is 14.2. The number of halogens is 1. The monoisotopic (exact) mass is 1400 g/mol. The molecule has 0 aliphatic rings. The Morgan fingerprint density at radius 3 is 1.10 bits per heavy atom. The first-order chi connectivity index (χ1) is 51.4. The molecular weight excluding hydrogens is 1350 g/mol. The molecule has 0 saturated heterocycles. The summed E-state index contributed by atoms with van der Waals surface area (Å²) in [4.78, 5) is 39.2. The molecule has 2 N–H and O–H groups in total. The van der Waals surface area contributed by atoms with Crippen LogP contribution in [0.2, 0.25) is 0 Å². The molecule has 20 aromatic rings. The molecule has 8 heterocycles. The van der Waals surface area contributed by atoms with Crippen LogP contribution < -0.4 is 5.46 Å². The van der Waals surface area contributed by atoms with Crippen molar-refractivity contribution in [2.45, 2.75) is 0 Å². The summed E-state index contributed by atoms with van der Waals surface area (Å²) in [6, 6.07) is 110. The zero-order valence-electron chi connectivity index (χ0n) is 55.5. The number of rotatable bonds is 10. The molecule has 0 atom stereocenters. The van der Waals surface area contributed by atoms with Gasteiger partial charge in [-0.3, -0.25) is 19.1 Å². The van der Waals surface area contributed by atoms with E-state index in [1.165, 1.54) is 10.9 Å². The molecule has 0 spiro atoms. The van der Waals surface area contributed by atoms with Crippen molar-refractivity contribution in [3.63, 3.8) is 0 Å². The fraction of sp³-hybridized carbons (Fsp3) is 0. The predicted octanol–water partition coefficient (Wildman–Crippen LogP) is 19.4. The maximum Gasteiger partial charge on any atom is 0.490 e. The second-order valence-electron chi connectivity index (χ2n) is 25.0. The quantitative estimate of drug-likeness (QED) is 0.126. The summed E-state index contributed by atoms with van der Waals surface area (Å²) in [6.45, 7) is 0.